The Balaban J connectivity index is 1.69. The van der Waals surface area contributed by atoms with Crippen molar-refractivity contribution in [2.45, 2.75) is 6.61 Å². The van der Waals surface area contributed by atoms with Crippen molar-refractivity contribution in [1.29, 1.82) is 0 Å². The van der Waals surface area contributed by atoms with E-state index in [4.69, 9.17) is 4.74 Å². The lowest BCUT2D eigenvalue weighted by Crippen LogP contribution is -1.94. The van der Waals surface area contributed by atoms with E-state index in [9.17, 15) is 5.11 Å². The van der Waals surface area contributed by atoms with Gasteiger partial charge in [-0.15, -0.1) is 0 Å². The van der Waals surface area contributed by atoms with Crippen molar-refractivity contribution >= 4 is 0 Å². The van der Waals surface area contributed by atoms with Gasteiger partial charge in [-0.25, -0.2) is 0 Å². The van der Waals surface area contributed by atoms with Crippen LogP contribution in [0.5, 0.6) is 11.5 Å². The fourth-order valence-corrected chi connectivity index (χ4v) is 2.17. The molecule has 0 aliphatic heterocycles. The van der Waals surface area contributed by atoms with Crippen molar-refractivity contribution in [2.75, 3.05) is 0 Å². The van der Waals surface area contributed by atoms with Crippen molar-refractivity contribution in [3.05, 3.63) is 84.4 Å². The smallest absolute Gasteiger partial charge is 0.119 e. The fourth-order valence-electron chi connectivity index (χ4n) is 2.17. The Labute approximate surface area is 124 Å². The highest BCUT2D eigenvalue weighted by molar-refractivity contribution is 5.65. The normalized spacial score (nSPS) is 10.3. The second-order valence-corrected chi connectivity index (χ2v) is 4.85. The SMILES string of the molecule is Oc1cccc(-c2ccc(OCc3ccccc3)cc2)c1. The molecule has 0 aliphatic rings. The Morgan fingerprint density at radius 3 is 2.19 bits per heavy atom. The third-order valence-corrected chi connectivity index (χ3v) is 3.28. The molecule has 3 aromatic rings. The van der Waals surface area contributed by atoms with Crippen molar-refractivity contribution < 1.29 is 9.84 Å². The molecule has 104 valence electrons. The van der Waals surface area contributed by atoms with Gasteiger partial charge in [0.25, 0.3) is 0 Å². The van der Waals surface area contributed by atoms with Gasteiger partial charge in [0.1, 0.15) is 18.1 Å². The number of ether oxygens (including phenoxy) is 1. The molecule has 0 aromatic heterocycles. The Kier molecular flexibility index (Phi) is 3.88. The monoisotopic (exact) mass is 276 g/mol. The van der Waals surface area contributed by atoms with Crippen LogP contribution in [0.4, 0.5) is 0 Å². The molecular weight excluding hydrogens is 260 g/mol. The van der Waals surface area contributed by atoms with Crippen LogP contribution in [0.2, 0.25) is 0 Å². The first kappa shape index (κ1) is 13.3. The number of phenols is 1. The standard InChI is InChI=1S/C19H16O2/c20-18-8-4-7-17(13-18)16-9-11-19(12-10-16)21-14-15-5-2-1-3-6-15/h1-13,20H,14H2. The van der Waals surface area contributed by atoms with Crippen LogP contribution in [0.25, 0.3) is 11.1 Å². The molecule has 0 saturated carbocycles. The number of phenolic OH excluding ortho intramolecular Hbond substituents is 1. The lowest BCUT2D eigenvalue weighted by molar-refractivity contribution is 0.306. The molecule has 0 atom stereocenters. The Morgan fingerprint density at radius 2 is 1.48 bits per heavy atom. The number of rotatable bonds is 4. The molecule has 0 aliphatic carbocycles. The zero-order chi connectivity index (χ0) is 14.5. The van der Waals surface area contributed by atoms with E-state index in [0.29, 0.717) is 6.61 Å². The van der Waals surface area contributed by atoms with Crippen LogP contribution < -0.4 is 4.74 Å². The molecule has 21 heavy (non-hydrogen) atoms. The first-order chi connectivity index (χ1) is 10.3. The highest BCUT2D eigenvalue weighted by Crippen LogP contribution is 2.25. The summed E-state index contributed by atoms with van der Waals surface area (Å²) in [4.78, 5) is 0. The first-order valence-corrected chi connectivity index (χ1v) is 6.87. The summed E-state index contributed by atoms with van der Waals surface area (Å²) < 4.78 is 5.76. The Bertz CT molecular complexity index is 703. The molecule has 3 aromatic carbocycles. The maximum Gasteiger partial charge on any atom is 0.119 e. The zero-order valence-electron chi connectivity index (χ0n) is 11.6. The predicted molar refractivity (Wildman–Crippen MR) is 84.3 cm³/mol. The Morgan fingerprint density at radius 1 is 0.714 bits per heavy atom. The van der Waals surface area contributed by atoms with Crippen LogP contribution in [0.3, 0.4) is 0 Å². The summed E-state index contributed by atoms with van der Waals surface area (Å²) in [6.45, 7) is 0.562. The van der Waals surface area contributed by atoms with Gasteiger partial charge in [0.2, 0.25) is 0 Å². The maximum atomic E-state index is 9.51. The van der Waals surface area contributed by atoms with Gasteiger partial charge in [0.15, 0.2) is 0 Å². The van der Waals surface area contributed by atoms with Crippen molar-refractivity contribution in [1.82, 2.24) is 0 Å². The van der Waals surface area contributed by atoms with Gasteiger partial charge < -0.3 is 9.84 Å². The van der Waals surface area contributed by atoms with Crippen LogP contribution in [-0.2, 0) is 6.61 Å². The molecule has 0 heterocycles. The van der Waals surface area contributed by atoms with E-state index in [2.05, 4.69) is 0 Å². The van der Waals surface area contributed by atoms with Crippen LogP contribution in [0.1, 0.15) is 5.56 Å². The second-order valence-electron chi connectivity index (χ2n) is 4.85. The summed E-state index contributed by atoms with van der Waals surface area (Å²) in [5.74, 6) is 1.11. The minimum Gasteiger partial charge on any atom is -0.508 e. The van der Waals surface area contributed by atoms with Crippen molar-refractivity contribution in [2.24, 2.45) is 0 Å². The summed E-state index contributed by atoms with van der Waals surface area (Å²) in [6.07, 6.45) is 0. The number of hydrogen-bond donors (Lipinski definition) is 1. The molecule has 1 N–H and O–H groups in total. The van der Waals surface area contributed by atoms with E-state index >= 15 is 0 Å². The maximum absolute atomic E-state index is 9.51. The van der Waals surface area contributed by atoms with E-state index < -0.39 is 0 Å². The van der Waals surface area contributed by atoms with Gasteiger partial charge in [-0.2, -0.15) is 0 Å². The Hall–Kier alpha value is -2.74. The van der Waals surface area contributed by atoms with E-state index in [0.717, 1.165) is 22.4 Å². The van der Waals surface area contributed by atoms with Gasteiger partial charge in [-0.05, 0) is 41.0 Å². The topological polar surface area (TPSA) is 29.5 Å². The average molecular weight is 276 g/mol. The van der Waals surface area contributed by atoms with E-state index in [1.165, 1.54) is 0 Å². The molecular formula is C19H16O2. The van der Waals surface area contributed by atoms with Gasteiger partial charge in [-0.3, -0.25) is 0 Å². The average Bonchev–Trinajstić information content (AvgIpc) is 2.54. The molecule has 0 amide bonds. The van der Waals surface area contributed by atoms with Gasteiger partial charge >= 0.3 is 0 Å². The van der Waals surface area contributed by atoms with Gasteiger partial charge in [0.05, 0.1) is 0 Å². The minimum atomic E-state index is 0.275. The third kappa shape index (κ3) is 3.42. The lowest BCUT2D eigenvalue weighted by Gasteiger charge is -2.08. The van der Waals surface area contributed by atoms with Crippen molar-refractivity contribution in [3.63, 3.8) is 0 Å². The molecule has 0 fully saturated rings. The first-order valence-electron chi connectivity index (χ1n) is 6.87. The molecule has 0 radical (unpaired) electrons. The summed E-state index contributed by atoms with van der Waals surface area (Å²) in [6, 6.07) is 25.2. The second kappa shape index (κ2) is 6.14. The lowest BCUT2D eigenvalue weighted by atomic mass is 10.1. The largest absolute Gasteiger partial charge is 0.508 e. The number of benzene rings is 3. The molecule has 3 rings (SSSR count). The summed E-state index contributed by atoms with van der Waals surface area (Å²) in [5.41, 5.74) is 3.19. The summed E-state index contributed by atoms with van der Waals surface area (Å²) in [7, 11) is 0. The molecule has 0 unspecified atom stereocenters. The fraction of sp³-hybridized carbons (Fsp3) is 0.0526. The van der Waals surface area contributed by atoms with Crippen LogP contribution in [0.15, 0.2) is 78.9 Å². The number of aromatic hydroxyl groups is 1. The van der Waals surface area contributed by atoms with Crippen LogP contribution in [0, 0.1) is 0 Å². The van der Waals surface area contributed by atoms with Gasteiger partial charge in [-0.1, -0.05) is 54.6 Å². The zero-order valence-corrected chi connectivity index (χ0v) is 11.6. The summed E-state index contributed by atoms with van der Waals surface area (Å²) in [5, 5.41) is 9.51. The predicted octanol–water partition coefficient (Wildman–Crippen LogP) is 4.64. The quantitative estimate of drug-likeness (QED) is 0.752. The summed E-state index contributed by atoms with van der Waals surface area (Å²) >= 11 is 0. The van der Waals surface area contributed by atoms with E-state index in [1.54, 1.807) is 12.1 Å². The van der Waals surface area contributed by atoms with Gasteiger partial charge in [0, 0.05) is 0 Å². The molecule has 2 heteroatoms. The number of hydrogen-bond acceptors (Lipinski definition) is 2. The van der Waals surface area contributed by atoms with Crippen LogP contribution in [-0.4, -0.2) is 5.11 Å². The molecule has 2 nitrogen and oxygen atoms in total. The third-order valence-electron chi connectivity index (χ3n) is 3.28. The molecule has 0 spiro atoms. The molecule has 0 saturated heterocycles. The molecule has 0 bridgehead atoms. The van der Waals surface area contributed by atoms with Crippen LogP contribution >= 0.6 is 0 Å². The highest BCUT2D eigenvalue weighted by atomic mass is 16.5. The van der Waals surface area contributed by atoms with Crippen molar-refractivity contribution in [3.8, 4) is 22.6 Å². The minimum absolute atomic E-state index is 0.275. The van der Waals surface area contributed by atoms with E-state index in [1.807, 2.05) is 66.7 Å². The highest BCUT2D eigenvalue weighted by Gasteiger charge is 2.00. The van der Waals surface area contributed by atoms with E-state index in [-0.39, 0.29) is 5.75 Å².